The molecule has 3 N–H and O–H groups in total. The molecule has 5 nitrogen and oxygen atoms in total. The van der Waals surface area contributed by atoms with Gasteiger partial charge in [-0.15, -0.1) is 0 Å². The average molecular weight is 282 g/mol. The van der Waals surface area contributed by atoms with Crippen LogP contribution in [0.2, 0.25) is 0 Å². The van der Waals surface area contributed by atoms with Crippen molar-refractivity contribution >= 4 is 39.1 Å². The van der Waals surface area contributed by atoms with Gasteiger partial charge in [0.25, 0.3) is 0 Å². The summed E-state index contributed by atoms with van der Waals surface area (Å²) in [6, 6.07) is 5.80. The Hall–Kier alpha value is -1.82. The molecular weight excluding hydrogens is 274 g/mol. The van der Waals surface area contributed by atoms with Gasteiger partial charge in [0, 0.05) is 27.1 Å². The Morgan fingerprint density at radius 3 is 3.12 bits per heavy atom. The van der Waals surface area contributed by atoms with E-state index in [0.29, 0.717) is 0 Å². The maximum atomic E-state index is 10.2. The summed E-state index contributed by atoms with van der Waals surface area (Å²) in [5.41, 5.74) is 3.72. The van der Waals surface area contributed by atoms with Crippen molar-refractivity contribution in [2.24, 2.45) is 5.10 Å². The molecule has 6 heteroatoms. The molecule has 2 aromatic rings. The van der Waals surface area contributed by atoms with Gasteiger partial charge in [-0.1, -0.05) is 15.9 Å². The Balaban J connectivity index is 2.34. The van der Waals surface area contributed by atoms with Crippen LogP contribution in [0.3, 0.4) is 0 Å². The van der Waals surface area contributed by atoms with Crippen molar-refractivity contribution in [2.45, 2.75) is 0 Å². The topological polar surface area (TPSA) is 77.5 Å². The van der Waals surface area contributed by atoms with Crippen molar-refractivity contribution in [1.82, 2.24) is 10.4 Å². The lowest BCUT2D eigenvalue weighted by atomic mass is 10.2. The summed E-state index contributed by atoms with van der Waals surface area (Å²) in [7, 11) is 0. The second-order valence-electron chi connectivity index (χ2n) is 3.11. The molecule has 0 aliphatic rings. The zero-order valence-corrected chi connectivity index (χ0v) is 9.65. The Kier molecular flexibility index (Phi) is 2.91. The largest absolute Gasteiger partial charge is 0.464 e. The number of aromatic amines is 1. The average Bonchev–Trinajstić information content (AvgIpc) is 2.60. The van der Waals surface area contributed by atoms with E-state index in [1.165, 1.54) is 6.21 Å². The van der Waals surface area contributed by atoms with Gasteiger partial charge >= 0.3 is 6.09 Å². The number of nitrogens with zero attached hydrogens (tertiary/aromatic N) is 1. The van der Waals surface area contributed by atoms with Gasteiger partial charge in [0.15, 0.2) is 0 Å². The van der Waals surface area contributed by atoms with Crippen LogP contribution in [0.5, 0.6) is 0 Å². The standard InChI is InChI=1S/C10H8BrN3O2/c11-7-1-2-9-8(3-7)6(4-12-9)5-13-14-10(15)16/h1-5,12,14H,(H,15,16). The molecular formula is C10H8BrN3O2. The number of amides is 1. The van der Waals surface area contributed by atoms with Crippen LogP contribution in [0, 0.1) is 0 Å². The van der Waals surface area contributed by atoms with Crippen molar-refractivity contribution in [3.05, 3.63) is 34.4 Å². The summed E-state index contributed by atoms with van der Waals surface area (Å²) in [6.07, 6.45) is 2.04. The lowest BCUT2D eigenvalue weighted by molar-refractivity contribution is 0.195. The molecule has 1 aromatic carbocycles. The molecule has 1 heterocycles. The maximum absolute atomic E-state index is 10.2. The van der Waals surface area contributed by atoms with Crippen LogP contribution in [0.25, 0.3) is 10.9 Å². The first-order valence-corrected chi connectivity index (χ1v) is 5.25. The number of aromatic nitrogens is 1. The smallest absolute Gasteiger partial charge is 0.425 e. The molecule has 0 saturated carbocycles. The van der Waals surface area contributed by atoms with E-state index in [-0.39, 0.29) is 0 Å². The highest BCUT2D eigenvalue weighted by Crippen LogP contribution is 2.21. The summed E-state index contributed by atoms with van der Waals surface area (Å²) in [5, 5.41) is 12.9. The fourth-order valence-corrected chi connectivity index (χ4v) is 1.74. The number of hydrogen-bond acceptors (Lipinski definition) is 2. The van der Waals surface area contributed by atoms with Crippen molar-refractivity contribution in [1.29, 1.82) is 0 Å². The molecule has 0 spiro atoms. The third-order valence-electron chi connectivity index (χ3n) is 2.04. The quantitative estimate of drug-likeness (QED) is 0.584. The zero-order chi connectivity index (χ0) is 11.5. The van der Waals surface area contributed by atoms with Crippen molar-refractivity contribution in [2.75, 3.05) is 0 Å². The van der Waals surface area contributed by atoms with E-state index < -0.39 is 6.09 Å². The molecule has 0 atom stereocenters. The van der Waals surface area contributed by atoms with Gasteiger partial charge in [-0.25, -0.2) is 10.2 Å². The van der Waals surface area contributed by atoms with E-state index in [9.17, 15) is 4.79 Å². The number of hydrazone groups is 1. The summed E-state index contributed by atoms with van der Waals surface area (Å²) in [5.74, 6) is 0. The molecule has 1 amide bonds. The van der Waals surface area contributed by atoms with Crippen LogP contribution >= 0.6 is 15.9 Å². The minimum atomic E-state index is -1.18. The molecule has 0 aliphatic carbocycles. The van der Waals surface area contributed by atoms with Gasteiger partial charge in [-0.3, -0.25) is 0 Å². The van der Waals surface area contributed by atoms with Gasteiger partial charge in [-0.2, -0.15) is 5.10 Å². The Labute approximate surface area is 99.3 Å². The highest BCUT2D eigenvalue weighted by molar-refractivity contribution is 9.10. The third-order valence-corrected chi connectivity index (χ3v) is 2.53. The monoisotopic (exact) mass is 281 g/mol. The van der Waals surface area contributed by atoms with E-state index in [1.54, 1.807) is 6.20 Å². The van der Waals surface area contributed by atoms with Crippen molar-refractivity contribution < 1.29 is 9.90 Å². The van der Waals surface area contributed by atoms with Gasteiger partial charge in [0.05, 0.1) is 6.21 Å². The minimum absolute atomic E-state index is 0.824. The number of H-pyrrole nitrogens is 1. The maximum Gasteiger partial charge on any atom is 0.425 e. The van der Waals surface area contributed by atoms with Crippen LogP contribution < -0.4 is 5.43 Å². The first-order chi connectivity index (χ1) is 7.66. The number of halogens is 1. The lowest BCUT2D eigenvalue weighted by Crippen LogP contribution is -2.13. The molecule has 0 bridgehead atoms. The SMILES string of the molecule is O=C(O)NN=Cc1c[nH]c2ccc(Br)cc12. The lowest BCUT2D eigenvalue weighted by Gasteiger charge is -1.93. The van der Waals surface area contributed by atoms with Gasteiger partial charge < -0.3 is 10.1 Å². The van der Waals surface area contributed by atoms with Crippen LogP contribution in [0.4, 0.5) is 4.79 Å². The van der Waals surface area contributed by atoms with Crippen LogP contribution in [0.1, 0.15) is 5.56 Å². The third kappa shape index (κ3) is 2.22. The van der Waals surface area contributed by atoms with Crippen LogP contribution in [-0.2, 0) is 0 Å². The summed E-state index contributed by atoms with van der Waals surface area (Å²) >= 11 is 3.37. The van der Waals surface area contributed by atoms with Gasteiger partial charge in [0.1, 0.15) is 0 Å². The highest BCUT2D eigenvalue weighted by Gasteiger charge is 2.01. The normalized spacial score (nSPS) is 11.1. The number of rotatable bonds is 2. The highest BCUT2D eigenvalue weighted by atomic mass is 79.9. The predicted octanol–water partition coefficient (Wildman–Crippen LogP) is 2.53. The molecule has 16 heavy (non-hydrogen) atoms. The van der Waals surface area contributed by atoms with Crippen LogP contribution in [-0.4, -0.2) is 22.4 Å². The molecule has 0 unspecified atom stereocenters. The van der Waals surface area contributed by atoms with E-state index >= 15 is 0 Å². The first kappa shape index (κ1) is 10.7. The fraction of sp³-hybridized carbons (Fsp3) is 0. The summed E-state index contributed by atoms with van der Waals surface area (Å²) < 4.78 is 0.959. The molecule has 0 radical (unpaired) electrons. The zero-order valence-electron chi connectivity index (χ0n) is 8.07. The predicted molar refractivity (Wildman–Crippen MR) is 64.8 cm³/mol. The molecule has 1 aromatic heterocycles. The summed E-state index contributed by atoms with van der Waals surface area (Å²) in [4.78, 5) is 13.3. The second kappa shape index (κ2) is 4.36. The van der Waals surface area contributed by atoms with Crippen LogP contribution in [0.15, 0.2) is 34.0 Å². The summed E-state index contributed by atoms with van der Waals surface area (Å²) in [6.45, 7) is 0. The number of carboxylic acid groups (broad SMARTS) is 1. The van der Waals surface area contributed by atoms with Crippen molar-refractivity contribution in [3.63, 3.8) is 0 Å². The van der Waals surface area contributed by atoms with Crippen molar-refractivity contribution in [3.8, 4) is 0 Å². The molecule has 0 saturated heterocycles. The van der Waals surface area contributed by atoms with Gasteiger partial charge in [-0.05, 0) is 18.2 Å². The minimum Gasteiger partial charge on any atom is -0.464 e. The van der Waals surface area contributed by atoms with E-state index in [2.05, 4.69) is 26.0 Å². The molecule has 0 aliphatic heterocycles. The first-order valence-electron chi connectivity index (χ1n) is 4.45. The van der Waals surface area contributed by atoms with E-state index in [1.807, 2.05) is 23.6 Å². The Bertz CT molecular complexity index is 562. The molecule has 2 rings (SSSR count). The molecule has 82 valence electrons. The van der Waals surface area contributed by atoms with Gasteiger partial charge in [0.2, 0.25) is 0 Å². The van der Waals surface area contributed by atoms with E-state index in [4.69, 9.17) is 5.11 Å². The second-order valence-corrected chi connectivity index (χ2v) is 4.02. The Morgan fingerprint density at radius 2 is 2.38 bits per heavy atom. The molecule has 0 fully saturated rings. The number of fused-ring (bicyclic) bond motifs is 1. The van der Waals surface area contributed by atoms with E-state index in [0.717, 1.165) is 20.9 Å². The fourth-order valence-electron chi connectivity index (χ4n) is 1.38. The number of benzene rings is 1. The number of nitrogens with one attached hydrogen (secondary N) is 2. The Morgan fingerprint density at radius 1 is 1.56 bits per heavy atom. The number of carbonyl (C=O) groups is 1. The number of hydrogen-bond donors (Lipinski definition) is 3.